The minimum atomic E-state index is -0.00923. The van der Waals surface area contributed by atoms with Gasteiger partial charge in [0, 0.05) is 40.0 Å². The predicted octanol–water partition coefficient (Wildman–Crippen LogP) is 12.6. The van der Waals surface area contributed by atoms with Crippen molar-refractivity contribution in [1.82, 2.24) is 4.57 Å². The zero-order chi connectivity index (χ0) is 39.8. The SMILES string of the molecule is Cc1ccccc1C1=C(c2ccccc2C)N(c2ccccc2Cc2ccccc2-c2n(-c3c(C(C)C)cccc3C(C)C)cc[n+]2C)C(C)N1c1ccccc1. The van der Waals surface area contributed by atoms with Crippen LogP contribution in [-0.2, 0) is 13.5 Å². The number of rotatable bonds is 10. The van der Waals surface area contributed by atoms with Crippen LogP contribution in [0.2, 0.25) is 0 Å². The monoisotopic (exact) mass is 747 g/mol. The summed E-state index contributed by atoms with van der Waals surface area (Å²) in [4.78, 5) is 5.14. The highest BCUT2D eigenvalue weighted by Gasteiger charge is 2.40. The van der Waals surface area contributed by atoms with Crippen molar-refractivity contribution in [2.24, 2.45) is 7.05 Å². The van der Waals surface area contributed by atoms with E-state index in [1.165, 1.54) is 84.4 Å². The minimum Gasteiger partial charge on any atom is -0.318 e. The first kappa shape index (κ1) is 37.8. The van der Waals surface area contributed by atoms with Crippen LogP contribution in [0.5, 0.6) is 0 Å². The summed E-state index contributed by atoms with van der Waals surface area (Å²) in [5, 5.41) is 0. The van der Waals surface area contributed by atoms with Crippen LogP contribution < -0.4 is 14.4 Å². The molecule has 6 aromatic carbocycles. The molecule has 0 saturated carbocycles. The van der Waals surface area contributed by atoms with Crippen molar-refractivity contribution >= 4 is 22.8 Å². The largest absolute Gasteiger partial charge is 0.318 e. The topological polar surface area (TPSA) is 15.3 Å². The van der Waals surface area contributed by atoms with Crippen LogP contribution in [0.15, 0.2) is 158 Å². The molecule has 0 spiro atoms. The highest BCUT2D eigenvalue weighted by molar-refractivity contribution is 6.07. The third-order valence-electron chi connectivity index (χ3n) is 11.8. The van der Waals surface area contributed by atoms with Gasteiger partial charge in [-0.3, -0.25) is 0 Å². The lowest BCUT2D eigenvalue weighted by atomic mass is 9.92. The molecule has 286 valence electrons. The van der Waals surface area contributed by atoms with Gasteiger partial charge in [0.25, 0.3) is 5.82 Å². The van der Waals surface area contributed by atoms with E-state index in [1.807, 2.05) is 0 Å². The molecule has 1 atom stereocenters. The van der Waals surface area contributed by atoms with Crippen molar-refractivity contribution < 1.29 is 4.57 Å². The van der Waals surface area contributed by atoms with E-state index in [2.05, 4.69) is 232 Å². The van der Waals surface area contributed by atoms with Crippen LogP contribution in [0.1, 0.15) is 91.0 Å². The fourth-order valence-corrected chi connectivity index (χ4v) is 8.93. The molecule has 1 unspecified atom stereocenters. The van der Waals surface area contributed by atoms with Gasteiger partial charge in [0.15, 0.2) is 0 Å². The fraction of sp³-hybridized carbons (Fsp3) is 0.226. The van der Waals surface area contributed by atoms with Crippen LogP contribution in [0.4, 0.5) is 11.4 Å². The fourth-order valence-electron chi connectivity index (χ4n) is 8.93. The molecule has 0 bridgehead atoms. The minimum absolute atomic E-state index is 0.00923. The summed E-state index contributed by atoms with van der Waals surface area (Å²) < 4.78 is 4.74. The molecule has 0 aliphatic carbocycles. The summed E-state index contributed by atoms with van der Waals surface area (Å²) in [6.45, 7) is 16.0. The lowest BCUT2D eigenvalue weighted by Crippen LogP contribution is -2.38. The van der Waals surface area contributed by atoms with Crippen molar-refractivity contribution in [2.75, 3.05) is 9.80 Å². The maximum Gasteiger partial charge on any atom is 0.294 e. The number of aryl methyl sites for hydroxylation is 3. The molecule has 1 aromatic heterocycles. The zero-order valence-electron chi connectivity index (χ0n) is 34.7. The average molecular weight is 748 g/mol. The van der Waals surface area contributed by atoms with Crippen molar-refractivity contribution in [3.63, 3.8) is 0 Å². The molecule has 8 rings (SSSR count). The Morgan fingerprint density at radius 1 is 0.544 bits per heavy atom. The number of benzene rings is 6. The van der Waals surface area contributed by atoms with Crippen LogP contribution in [-0.4, -0.2) is 10.7 Å². The molecule has 0 N–H and O–H groups in total. The van der Waals surface area contributed by atoms with Gasteiger partial charge >= 0.3 is 0 Å². The van der Waals surface area contributed by atoms with E-state index >= 15 is 0 Å². The predicted molar refractivity (Wildman–Crippen MR) is 240 cm³/mol. The average Bonchev–Trinajstić information content (AvgIpc) is 3.74. The summed E-state index contributed by atoms with van der Waals surface area (Å²) in [5.74, 6) is 1.96. The second-order valence-electron chi connectivity index (χ2n) is 16.2. The third kappa shape index (κ3) is 6.88. The number of hydrogen-bond donors (Lipinski definition) is 0. The van der Waals surface area contributed by atoms with Gasteiger partial charge in [0.1, 0.15) is 24.2 Å². The van der Waals surface area contributed by atoms with Gasteiger partial charge in [-0.1, -0.05) is 149 Å². The van der Waals surface area contributed by atoms with Gasteiger partial charge in [0.05, 0.1) is 24.0 Å². The lowest BCUT2D eigenvalue weighted by Gasteiger charge is -2.34. The number of nitrogens with zero attached hydrogens (tertiary/aromatic N) is 4. The Morgan fingerprint density at radius 2 is 1.05 bits per heavy atom. The first-order valence-corrected chi connectivity index (χ1v) is 20.5. The molecule has 1 aliphatic rings. The highest BCUT2D eigenvalue weighted by atomic mass is 15.4. The maximum atomic E-state index is 2.60. The first-order valence-electron chi connectivity index (χ1n) is 20.5. The molecule has 2 heterocycles. The summed E-state index contributed by atoms with van der Waals surface area (Å²) in [6, 6.07) is 53.5. The zero-order valence-corrected chi connectivity index (χ0v) is 34.7. The second-order valence-corrected chi connectivity index (χ2v) is 16.2. The summed E-state index contributed by atoms with van der Waals surface area (Å²) in [5.41, 5.74) is 17.7. The molecule has 4 heteroatoms. The Bertz CT molecular complexity index is 2550. The smallest absolute Gasteiger partial charge is 0.294 e. The normalized spacial score (nSPS) is 14.4. The van der Waals surface area contributed by atoms with Gasteiger partial charge in [-0.25, -0.2) is 4.57 Å². The van der Waals surface area contributed by atoms with Crippen LogP contribution >= 0.6 is 0 Å². The molecule has 0 saturated heterocycles. The van der Waals surface area contributed by atoms with Gasteiger partial charge in [-0.2, -0.15) is 4.57 Å². The number of para-hydroxylation sites is 3. The molecule has 57 heavy (non-hydrogen) atoms. The summed E-state index contributed by atoms with van der Waals surface area (Å²) in [7, 11) is 2.18. The second kappa shape index (κ2) is 15.8. The quantitative estimate of drug-likeness (QED) is 0.129. The standard InChI is InChI=1S/C53H55N4/c1-36(2)44-30-20-31-45(37(3)4)50(44)55-34-33-54(8)53(55)48-29-18-14-23-41(48)35-42-24-15-19-32-49(42)57-40(7)56(43-25-10-9-11-26-43)51(46-27-16-12-21-38(46)5)52(57)47-28-17-13-22-39(47)6/h9-34,36-37,40H,35H2,1-8H3/q+1. The first-order chi connectivity index (χ1) is 27.7. The van der Waals surface area contributed by atoms with E-state index in [9.17, 15) is 0 Å². The van der Waals surface area contributed by atoms with Gasteiger partial charge < -0.3 is 9.80 Å². The van der Waals surface area contributed by atoms with Crippen LogP contribution in [0, 0.1) is 13.8 Å². The Hall–Kier alpha value is -6.13. The number of anilines is 2. The Morgan fingerprint density at radius 3 is 1.65 bits per heavy atom. The number of imidazole rings is 1. The van der Waals surface area contributed by atoms with Crippen molar-refractivity contribution in [3.05, 3.63) is 202 Å². The number of aromatic nitrogens is 2. The Labute approximate surface area is 340 Å². The Kier molecular flexibility index (Phi) is 10.5. The molecule has 0 radical (unpaired) electrons. The molecule has 4 nitrogen and oxygen atoms in total. The van der Waals surface area contributed by atoms with E-state index in [1.54, 1.807) is 0 Å². The molecule has 0 fully saturated rings. The van der Waals surface area contributed by atoms with E-state index in [0.717, 1.165) is 6.42 Å². The Balaban J connectivity index is 1.32. The molecule has 7 aromatic rings. The van der Waals surface area contributed by atoms with E-state index in [0.29, 0.717) is 11.8 Å². The maximum absolute atomic E-state index is 2.60. The summed E-state index contributed by atoms with van der Waals surface area (Å²) in [6.07, 6.45) is 5.22. The van der Waals surface area contributed by atoms with E-state index < -0.39 is 0 Å². The van der Waals surface area contributed by atoms with Crippen molar-refractivity contribution in [3.8, 4) is 17.1 Å². The van der Waals surface area contributed by atoms with Gasteiger partial charge in [-0.15, -0.1) is 0 Å². The highest BCUT2D eigenvalue weighted by Crippen LogP contribution is 2.48. The van der Waals surface area contributed by atoms with Crippen LogP contribution in [0.3, 0.4) is 0 Å². The lowest BCUT2D eigenvalue weighted by molar-refractivity contribution is -0.659. The van der Waals surface area contributed by atoms with Crippen molar-refractivity contribution in [2.45, 2.75) is 72.9 Å². The van der Waals surface area contributed by atoms with Gasteiger partial charge in [-0.05, 0) is 79.1 Å². The molecular weight excluding hydrogens is 693 g/mol. The molecular formula is C53H55N4+. The van der Waals surface area contributed by atoms with Crippen LogP contribution in [0.25, 0.3) is 28.5 Å². The third-order valence-corrected chi connectivity index (χ3v) is 11.8. The summed E-state index contributed by atoms with van der Waals surface area (Å²) >= 11 is 0. The number of hydrogen-bond acceptors (Lipinski definition) is 2. The van der Waals surface area contributed by atoms with E-state index in [-0.39, 0.29) is 6.17 Å². The van der Waals surface area contributed by atoms with Crippen molar-refractivity contribution in [1.29, 1.82) is 0 Å². The van der Waals surface area contributed by atoms with E-state index in [4.69, 9.17) is 0 Å². The molecule has 0 amide bonds. The van der Waals surface area contributed by atoms with Gasteiger partial charge in [0.2, 0.25) is 0 Å². The molecule has 1 aliphatic heterocycles.